The first kappa shape index (κ1) is 17.6. The number of nitrogens with zero attached hydrogens (tertiary/aromatic N) is 1. The molecule has 0 aliphatic rings. The maximum absolute atomic E-state index is 12.1. The van der Waals surface area contributed by atoms with E-state index in [2.05, 4.69) is 5.32 Å². The monoisotopic (exact) mass is 366 g/mol. The molecule has 6 heteroatoms. The molecule has 0 saturated heterocycles. The number of benzene rings is 2. The molecule has 130 valence electrons. The number of furan rings is 1. The number of halogens is 1. The van der Waals surface area contributed by atoms with E-state index < -0.39 is 5.91 Å². The highest BCUT2D eigenvalue weighted by Crippen LogP contribution is 2.28. The maximum atomic E-state index is 12.1. The molecule has 1 aromatic heterocycles. The molecular weight excluding hydrogens is 352 g/mol. The summed E-state index contributed by atoms with van der Waals surface area (Å²) in [6.45, 7) is 1.63. The van der Waals surface area contributed by atoms with Crippen LogP contribution in [-0.4, -0.2) is 12.5 Å². The van der Waals surface area contributed by atoms with E-state index in [0.29, 0.717) is 16.5 Å². The largest absolute Gasteiger partial charge is 0.484 e. The third-order valence-electron chi connectivity index (χ3n) is 3.66. The lowest BCUT2D eigenvalue weighted by Gasteiger charge is -2.07. The van der Waals surface area contributed by atoms with E-state index in [-0.39, 0.29) is 18.1 Å². The van der Waals surface area contributed by atoms with Crippen LogP contribution in [-0.2, 0) is 4.79 Å². The van der Waals surface area contributed by atoms with Crippen LogP contribution in [0.5, 0.6) is 5.75 Å². The van der Waals surface area contributed by atoms with Gasteiger partial charge < -0.3 is 9.15 Å². The number of nitrogens with one attached hydrogen (secondary N) is 1. The highest BCUT2D eigenvalue weighted by atomic mass is 35.5. The lowest BCUT2D eigenvalue weighted by Crippen LogP contribution is -2.20. The van der Waals surface area contributed by atoms with Crippen LogP contribution >= 0.6 is 11.6 Å². The Bertz CT molecular complexity index is 974. The van der Waals surface area contributed by atoms with Gasteiger partial charge in [-0.05, 0) is 30.7 Å². The molecule has 0 aliphatic heterocycles. The molecule has 0 atom stereocenters. The van der Waals surface area contributed by atoms with Crippen molar-refractivity contribution in [2.24, 2.45) is 0 Å². The fourth-order valence-electron chi connectivity index (χ4n) is 2.33. The predicted molar refractivity (Wildman–Crippen MR) is 99.2 cm³/mol. The van der Waals surface area contributed by atoms with Crippen LogP contribution in [0, 0.1) is 18.3 Å². The van der Waals surface area contributed by atoms with Gasteiger partial charge in [0.2, 0.25) is 5.88 Å². The highest BCUT2D eigenvalue weighted by Gasteiger charge is 2.15. The SMILES string of the molecule is Cc1cc(OCC(=O)Nc2oc(-c3ccccc3)cc2C#N)ccc1Cl. The summed E-state index contributed by atoms with van der Waals surface area (Å²) < 4.78 is 11.1. The summed E-state index contributed by atoms with van der Waals surface area (Å²) in [4.78, 5) is 12.1. The van der Waals surface area contributed by atoms with Gasteiger partial charge in [0, 0.05) is 16.7 Å². The van der Waals surface area contributed by atoms with Crippen LogP contribution < -0.4 is 10.1 Å². The Kier molecular flexibility index (Phi) is 5.26. The molecule has 0 unspecified atom stereocenters. The first-order valence-electron chi connectivity index (χ1n) is 7.85. The fourth-order valence-corrected chi connectivity index (χ4v) is 2.45. The van der Waals surface area contributed by atoms with Gasteiger partial charge in [0.05, 0.1) is 0 Å². The van der Waals surface area contributed by atoms with Gasteiger partial charge in [-0.25, -0.2) is 0 Å². The van der Waals surface area contributed by atoms with Gasteiger partial charge in [-0.15, -0.1) is 0 Å². The zero-order valence-corrected chi connectivity index (χ0v) is 14.7. The van der Waals surface area contributed by atoms with E-state index >= 15 is 0 Å². The normalized spacial score (nSPS) is 10.2. The van der Waals surface area contributed by atoms with Crippen LogP contribution in [0.2, 0.25) is 5.02 Å². The zero-order valence-electron chi connectivity index (χ0n) is 14.0. The van der Waals surface area contributed by atoms with E-state index in [1.165, 1.54) is 0 Å². The molecule has 1 N–H and O–H groups in total. The Morgan fingerprint density at radius 3 is 2.69 bits per heavy atom. The molecule has 3 aromatic rings. The molecule has 26 heavy (non-hydrogen) atoms. The van der Waals surface area contributed by atoms with Gasteiger partial charge in [0.25, 0.3) is 5.91 Å². The fraction of sp³-hybridized carbons (Fsp3) is 0.100. The van der Waals surface area contributed by atoms with Crippen molar-refractivity contribution in [1.82, 2.24) is 0 Å². The lowest BCUT2D eigenvalue weighted by molar-refractivity contribution is -0.118. The van der Waals surface area contributed by atoms with E-state index in [1.54, 1.807) is 24.3 Å². The van der Waals surface area contributed by atoms with Crippen molar-refractivity contribution in [1.29, 1.82) is 5.26 Å². The number of carbonyl (C=O) groups is 1. The van der Waals surface area contributed by atoms with Crippen molar-refractivity contribution in [3.63, 3.8) is 0 Å². The Labute approximate surface area is 155 Å². The second kappa shape index (κ2) is 7.77. The molecular formula is C20H15ClN2O3. The molecule has 0 radical (unpaired) electrons. The molecule has 0 fully saturated rings. The molecule has 0 saturated carbocycles. The van der Waals surface area contributed by atoms with E-state index in [1.807, 2.05) is 43.3 Å². The summed E-state index contributed by atoms with van der Waals surface area (Å²) in [6.07, 6.45) is 0. The second-order valence-corrected chi connectivity index (χ2v) is 5.99. The smallest absolute Gasteiger partial charge is 0.264 e. The highest BCUT2D eigenvalue weighted by molar-refractivity contribution is 6.31. The van der Waals surface area contributed by atoms with Crippen molar-refractivity contribution < 1.29 is 13.9 Å². The van der Waals surface area contributed by atoms with Crippen LogP contribution in [0.4, 0.5) is 5.88 Å². The number of hydrogen-bond donors (Lipinski definition) is 1. The van der Waals surface area contributed by atoms with Crippen LogP contribution in [0.25, 0.3) is 11.3 Å². The summed E-state index contributed by atoms with van der Waals surface area (Å²) in [6, 6.07) is 18.1. The van der Waals surface area contributed by atoms with Gasteiger partial charge in [0.1, 0.15) is 23.1 Å². The van der Waals surface area contributed by atoms with Gasteiger partial charge in [0.15, 0.2) is 6.61 Å². The standard InChI is InChI=1S/C20H15ClN2O3/c1-13-9-16(7-8-17(13)21)25-12-19(24)23-20-15(11-22)10-18(26-20)14-5-3-2-4-6-14/h2-10H,12H2,1H3,(H,23,24). The molecule has 0 spiro atoms. The number of nitriles is 1. The number of carbonyl (C=O) groups excluding carboxylic acids is 1. The van der Waals surface area contributed by atoms with E-state index in [0.717, 1.165) is 11.1 Å². The number of ether oxygens (including phenoxy) is 1. The summed E-state index contributed by atoms with van der Waals surface area (Å²) in [7, 11) is 0. The number of aryl methyl sites for hydroxylation is 1. The topological polar surface area (TPSA) is 75.3 Å². The molecule has 3 rings (SSSR count). The third kappa shape index (κ3) is 4.05. The van der Waals surface area contributed by atoms with Crippen LogP contribution in [0.3, 0.4) is 0 Å². The van der Waals surface area contributed by atoms with Gasteiger partial charge in [-0.2, -0.15) is 5.26 Å². The minimum atomic E-state index is -0.428. The van der Waals surface area contributed by atoms with Crippen LogP contribution in [0.15, 0.2) is 59.0 Å². The molecule has 5 nitrogen and oxygen atoms in total. The average Bonchev–Trinajstić information content (AvgIpc) is 3.06. The maximum Gasteiger partial charge on any atom is 0.264 e. The average molecular weight is 367 g/mol. The van der Waals surface area contributed by atoms with Gasteiger partial charge in [-0.1, -0.05) is 41.9 Å². The lowest BCUT2D eigenvalue weighted by atomic mass is 10.1. The Morgan fingerprint density at radius 1 is 1.23 bits per heavy atom. The predicted octanol–water partition coefficient (Wildman–Crippen LogP) is 4.80. The van der Waals surface area contributed by atoms with Crippen molar-refractivity contribution in [2.75, 3.05) is 11.9 Å². The zero-order chi connectivity index (χ0) is 18.5. The Hall–Kier alpha value is -3.23. The van der Waals surface area contributed by atoms with Crippen molar-refractivity contribution in [2.45, 2.75) is 6.92 Å². The Balaban J connectivity index is 1.68. The number of amides is 1. The van der Waals surface area contributed by atoms with Crippen molar-refractivity contribution >= 4 is 23.4 Å². The molecule has 1 amide bonds. The Morgan fingerprint density at radius 2 is 2.00 bits per heavy atom. The first-order chi connectivity index (χ1) is 12.6. The molecule has 0 bridgehead atoms. The van der Waals surface area contributed by atoms with Crippen molar-refractivity contribution in [3.8, 4) is 23.1 Å². The third-order valence-corrected chi connectivity index (χ3v) is 4.09. The number of anilines is 1. The first-order valence-corrected chi connectivity index (χ1v) is 8.23. The van der Waals surface area contributed by atoms with E-state index in [9.17, 15) is 10.1 Å². The molecule has 0 aliphatic carbocycles. The number of rotatable bonds is 5. The van der Waals surface area contributed by atoms with E-state index in [4.69, 9.17) is 20.8 Å². The van der Waals surface area contributed by atoms with Gasteiger partial charge in [-0.3, -0.25) is 10.1 Å². The number of hydrogen-bond acceptors (Lipinski definition) is 4. The summed E-state index contributed by atoms with van der Waals surface area (Å²) in [5, 5.41) is 12.4. The summed E-state index contributed by atoms with van der Waals surface area (Å²) in [5.74, 6) is 0.717. The van der Waals surface area contributed by atoms with Crippen molar-refractivity contribution in [3.05, 3.63) is 70.7 Å². The molecule has 2 aromatic carbocycles. The van der Waals surface area contributed by atoms with Gasteiger partial charge >= 0.3 is 0 Å². The minimum absolute atomic E-state index is 0.104. The summed E-state index contributed by atoms with van der Waals surface area (Å²) in [5.41, 5.74) is 1.92. The minimum Gasteiger partial charge on any atom is -0.484 e. The summed E-state index contributed by atoms with van der Waals surface area (Å²) >= 11 is 5.96. The van der Waals surface area contributed by atoms with Crippen LogP contribution in [0.1, 0.15) is 11.1 Å². The quantitative estimate of drug-likeness (QED) is 0.703. The molecule has 1 heterocycles. The second-order valence-electron chi connectivity index (χ2n) is 5.58.